The van der Waals surface area contributed by atoms with Crippen LogP contribution in [0.1, 0.15) is 110 Å². The normalized spacial score (nSPS) is 13.5. The lowest BCUT2D eigenvalue weighted by Gasteiger charge is -2.24. The van der Waals surface area contributed by atoms with Crippen LogP contribution in [0.4, 0.5) is 0 Å². The molecule has 0 radical (unpaired) electrons. The van der Waals surface area contributed by atoms with E-state index in [9.17, 15) is 10.2 Å². The van der Waals surface area contributed by atoms with Crippen LogP contribution in [0.25, 0.3) is 0 Å². The molecular formula is C20H38O3S2. The first-order chi connectivity index (χ1) is 11.9. The first kappa shape index (κ1) is 24.7. The molecule has 0 saturated carbocycles. The van der Waals surface area contributed by atoms with Crippen molar-refractivity contribution in [1.29, 1.82) is 0 Å². The van der Waals surface area contributed by atoms with E-state index in [1.807, 2.05) is 0 Å². The van der Waals surface area contributed by atoms with Crippen LogP contribution in [-0.2, 0) is 0 Å². The van der Waals surface area contributed by atoms with Gasteiger partial charge in [0.1, 0.15) is 5.60 Å². The molecule has 0 aromatic carbocycles. The van der Waals surface area contributed by atoms with Gasteiger partial charge < -0.3 is 15.3 Å². The summed E-state index contributed by atoms with van der Waals surface area (Å²) in [7, 11) is 0. The molecule has 0 rings (SSSR count). The fourth-order valence-corrected chi connectivity index (χ4v) is 3.55. The molecule has 3 N–H and O–H groups in total. The van der Waals surface area contributed by atoms with Gasteiger partial charge >= 0.3 is 0 Å². The zero-order valence-corrected chi connectivity index (χ0v) is 17.6. The third-order valence-electron chi connectivity index (χ3n) is 4.79. The molecule has 0 aliphatic carbocycles. The van der Waals surface area contributed by atoms with Crippen molar-refractivity contribution >= 4 is 34.5 Å². The fraction of sp³-hybridized carbons (Fsp3) is 0.900. The SMILES string of the molecule is CCCCCCCCCCCCCCCCC(O)(CC(O)=S)C(O)=S. The highest BCUT2D eigenvalue weighted by molar-refractivity contribution is 7.80. The molecule has 5 heteroatoms. The van der Waals surface area contributed by atoms with Gasteiger partial charge in [0.05, 0.1) is 6.42 Å². The maximum atomic E-state index is 10.2. The minimum Gasteiger partial charge on any atom is -0.502 e. The summed E-state index contributed by atoms with van der Waals surface area (Å²) >= 11 is 9.28. The molecule has 0 aliphatic heterocycles. The van der Waals surface area contributed by atoms with Crippen molar-refractivity contribution in [2.75, 3.05) is 0 Å². The lowest BCUT2D eigenvalue weighted by Crippen LogP contribution is -2.39. The van der Waals surface area contributed by atoms with E-state index in [-0.39, 0.29) is 11.5 Å². The van der Waals surface area contributed by atoms with Crippen LogP contribution in [0.15, 0.2) is 0 Å². The molecular weight excluding hydrogens is 352 g/mol. The van der Waals surface area contributed by atoms with Gasteiger partial charge in [-0.05, 0) is 30.9 Å². The summed E-state index contributed by atoms with van der Waals surface area (Å²) in [6.07, 6.45) is 17.9. The Morgan fingerprint density at radius 1 is 0.680 bits per heavy atom. The molecule has 0 bridgehead atoms. The van der Waals surface area contributed by atoms with Gasteiger partial charge in [-0.3, -0.25) is 0 Å². The van der Waals surface area contributed by atoms with Crippen molar-refractivity contribution in [3.05, 3.63) is 0 Å². The highest BCUT2D eigenvalue weighted by Crippen LogP contribution is 2.22. The number of rotatable bonds is 18. The molecule has 25 heavy (non-hydrogen) atoms. The van der Waals surface area contributed by atoms with Crippen LogP contribution in [0, 0.1) is 0 Å². The molecule has 0 fully saturated rings. The summed E-state index contributed by atoms with van der Waals surface area (Å²) in [6.45, 7) is 2.26. The zero-order valence-electron chi connectivity index (χ0n) is 16.0. The number of thiocarbonyl (C=S) groups is 2. The molecule has 0 aliphatic rings. The van der Waals surface area contributed by atoms with Crippen LogP contribution < -0.4 is 0 Å². The number of hydrogen-bond donors (Lipinski definition) is 3. The summed E-state index contributed by atoms with van der Waals surface area (Å²) in [4.78, 5) is 0. The third kappa shape index (κ3) is 14.6. The second kappa shape index (κ2) is 16.0. The lowest BCUT2D eigenvalue weighted by atomic mass is 9.93. The summed E-state index contributed by atoms with van der Waals surface area (Å²) in [6, 6.07) is 0. The van der Waals surface area contributed by atoms with Crippen LogP contribution in [-0.4, -0.2) is 31.0 Å². The van der Waals surface area contributed by atoms with E-state index in [4.69, 9.17) is 5.11 Å². The largest absolute Gasteiger partial charge is 0.502 e. The van der Waals surface area contributed by atoms with Crippen LogP contribution in [0.5, 0.6) is 0 Å². The van der Waals surface area contributed by atoms with E-state index in [2.05, 4.69) is 31.4 Å². The quantitative estimate of drug-likeness (QED) is 0.178. The van der Waals surface area contributed by atoms with E-state index >= 15 is 0 Å². The van der Waals surface area contributed by atoms with Gasteiger partial charge in [0.15, 0.2) is 10.1 Å². The first-order valence-corrected chi connectivity index (χ1v) is 10.9. The Labute approximate surface area is 165 Å². The summed E-state index contributed by atoms with van der Waals surface area (Å²) < 4.78 is 0. The molecule has 1 unspecified atom stereocenters. The van der Waals surface area contributed by atoms with Gasteiger partial charge in [0, 0.05) is 0 Å². The third-order valence-corrected chi connectivity index (χ3v) is 5.31. The van der Waals surface area contributed by atoms with Gasteiger partial charge in [-0.15, -0.1) is 0 Å². The Morgan fingerprint density at radius 2 is 1.04 bits per heavy atom. The van der Waals surface area contributed by atoms with Gasteiger partial charge in [0.25, 0.3) is 0 Å². The van der Waals surface area contributed by atoms with Crippen molar-refractivity contribution in [3.63, 3.8) is 0 Å². The van der Waals surface area contributed by atoms with Crippen LogP contribution >= 0.6 is 24.4 Å². The molecule has 148 valence electrons. The zero-order chi connectivity index (χ0) is 19.0. The van der Waals surface area contributed by atoms with Crippen LogP contribution in [0.2, 0.25) is 0 Å². The number of aliphatic hydroxyl groups is 3. The van der Waals surface area contributed by atoms with E-state index in [1.54, 1.807) is 0 Å². The van der Waals surface area contributed by atoms with Crippen molar-refractivity contribution < 1.29 is 15.3 Å². The van der Waals surface area contributed by atoms with E-state index < -0.39 is 10.7 Å². The second-order valence-corrected chi connectivity index (χ2v) is 8.11. The van der Waals surface area contributed by atoms with Crippen molar-refractivity contribution in [3.8, 4) is 0 Å². The van der Waals surface area contributed by atoms with Crippen molar-refractivity contribution in [1.82, 2.24) is 0 Å². The highest BCUT2D eigenvalue weighted by Gasteiger charge is 2.33. The number of hydrogen-bond acceptors (Lipinski definition) is 3. The Hall–Kier alpha value is -0.260. The molecule has 0 aromatic heterocycles. The average molecular weight is 391 g/mol. The van der Waals surface area contributed by atoms with Crippen LogP contribution in [0.3, 0.4) is 0 Å². The first-order valence-electron chi connectivity index (χ1n) is 10.1. The smallest absolute Gasteiger partial charge is 0.189 e. The van der Waals surface area contributed by atoms with Gasteiger partial charge in [-0.1, -0.05) is 96.8 Å². The number of aliphatic hydroxyl groups excluding tert-OH is 2. The topological polar surface area (TPSA) is 60.7 Å². The van der Waals surface area contributed by atoms with Gasteiger partial charge in [-0.25, -0.2) is 0 Å². The monoisotopic (exact) mass is 390 g/mol. The average Bonchev–Trinajstić information content (AvgIpc) is 2.54. The molecule has 0 amide bonds. The molecule has 3 nitrogen and oxygen atoms in total. The molecule has 0 heterocycles. The Bertz CT molecular complexity index is 361. The van der Waals surface area contributed by atoms with Gasteiger partial charge in [-0.2, -0.15) is 0 Å². The van der Waals surface area contributed by atoms with Crippen molar-refractivity contribution in [2.24, 2.45) is 0 Å². The summed E-state index contributed by atoms with van der Waals surface area (Å²) in [5.74, 6) is 0. The predicted octanol–water partition coefficient (Wildman–Crippen LogP) is 6.75. The van der Waals surface area contributed by atoms with E-state index in [0.717, 1.165) is 19.3 Å². The summed E-state index contributed by atoms with van der Waals surface area (Å²) in [5.41, 5.74) is -1.54. The standard InChI is InChI=1S/C20H38O3S2/c1-2-3-4-5-6-7-8-9-10-11-12-13-14-15-16-20(23,19(22)25)17-18(21)24/h23H,2-17H2,1H3,(H,21,24)(H,22,25). The van der Waals surface area contributed by atoms with E-state index in [1.165, 1.54) is 70.6 Å². The second-order valence-electron chi connectivity index (χ2n) is 7.25. The minimum absolute atomic E-state index is 0.157. The Kier molecular flexibility index (Phi) is 15.8. The highest BCUT2D eigenvalue weighted by atomic mass is 32.1. The molecule has 0 spiro atoms. The summed E-state index contributed by atoms with van der Waals surface area (Å²) in [5, 5.41) is 28.0. The fourth-order valence-electron chi connectivity index (χ4n) is 3.13. The Balaban J connectivity index is 3.46. The van der Waals surface area contributed by atoms with Gasteiger partial charge in [0.2, 0.25) is 0 Å². The molecule has 0 saturated heterocycles. The lowest BCUT2D eigenvalue weighted by molar-refractivity contribution is 0.0882. The molecule has 1 atom stereocenters. The van der Waals surface area contributed by atoms with Crippen molar-refractivity contribution in [2.45, 2.75) is 115 Å². The number of unbranched alkanes of at least 4 members (excludes halogenated alkanes) is 13. The Morgan fingerprint density at radius 3 is 1.36 bits per heavy atom. The maximum Gasteiger partial charge on any atom is 0.189 e. The molecule has 0 aromatic rings. The minimum atomic E-state index is -1.54. The maximum absolute atomic E-state index is 10.2. The van der Waals surface area contributed by atoms with E-state index in [0.29, 0.717) is 6.42 Å². The predicted molar refractivity (Wildman–Crippen MR) is 115 cm³/mol.